The van der Waals surface area contributed by atoms with Crippen LogP contribution in [0.4, 0.5) is 24.8 Å². The predicted octanol–water partition coefficient (Wildman–Crippen LogP) is 4.56. The number of rotatable bonds is 6. The van der Waals surface area contributed by atoms with E-state index in [-0.39, 0.29) is 42.9 Å². The number of piperidine rings is 1. The third kappa shape index (κ3) is 5.47. The number of hydrogen-bond donors (Lipinski definition) is 3. The van der Waals surface area contributed by atoms with Gasteiger partial charge in [0.2, 0.25) is 11.4 Å². The molecule has 2 aliphatic rings. The van der Waals surface area contributed by atoms with Crippen LogP contribution in [0.1, 0.15) is 46.3 Å². The zero-order valence-corrected chi connectivity index (χ0v) is 22.5. The Hall–Kier alpha value is -4.29. The number of aromatic carboxylic acids is 1. The third-order valence-electron chi connectivity index (χ3n) is 8.08. The lowest BCUT2D eigenvalue weighted by Crippen LogP contribution is -2.45. The number of anilines is 2. The Morgan fingerprint density at radius 1 is 1.07 bits per heavy atom. The van der Waals surface area contributed by atoms with Crippen LogP contribution in [0.5, 0.6) is 0 Å². The van der Waals surface area contributed by atoms with Crippen LogP contribution in [0.3, 0.4) is 0 Å². The Morgan fingerprint density at radius 2 is 1.83 bits per heavy atom. The van der Waals surface area contributed by atoms with Gasteiger partial charge < -0.3 is 20.1 Å². The van der Waals surface area contributed by atoms with Crippen molar-refractivity contribution < 1.29 is 28.2 Å². The highest BCUT2D eigenvalue weighted by molar-refractivity contribution is 5.92. The van der Waals surface area contributed by atoms with Crippen molar-refractivity contribution in [2.24, 2.45) is 0 Å². The number of aromatic nitrogens is 3. The molecule has 4 aromatic rings. The highest BCUT2D eigenvalue weighted by Crippen LogP contribution is 2.35. The largest absolute Gasteiger partial charge is 0.477 e. The molecule has 12 heteroatoms. The molecule has 0 amide bonds. The molecule has 1 aliphatic heterocycles. The first-order chi connectivity index (χ1) is 20.0. The second-order valence-electron chi connectivity index (χ2n) is 10.9. The van der Waals surface area contributed by atoms with E-state index in [0.717, 1.165) is 19.3 Å². The molecule has 6 rings (SSSR count). The van der Waals surface area contributed by atoms with Crippen LogP contribution in [-0.2, 0) is 18.4 Å². The van der Waals surface area contributed by atoms with Crippen molar-refractivity contribution in [3.8, 4) is 5.69 Å². The molecule has 0 bridgehead atoms. The molecule has 1 fully saturated rings. The molecule has 42 heavy (non-hydrogen) atoms. The van der Waals surface area contributed by atoms with E-state index in [1.807, 2.05) is 18.2 Å². The van der Waals surface area contributed by atoms with Gasteiger partial charge in [-0.15, -0.1) is 0 Å². The van der Waals surface area contributed by atoms with Crippen LogP contribution in [0.15, 0.2) is 59.7 Å². The monoisotopic (exact) mass is 579 g/mol. The molecule has 3 N–H and O–H groups in total. The fourth-order valence-corrected chi connectivity index (χ4v) is 5.87. The molecule has 1 aliphatic carbocycles. The third-order valence-corrected chi connectivity index (χ3v) is 8.08. The fourth-order valence-electron chi connectivity index (χ4n) is 5.87. The lowest BCUT2D eigenvalue weighted by Gasteiger charge is -2.38. The first-order valence-corrected chi connectivity index (χ1v) is 13.7. The number of carboxylic acids is 1. The van der Waals surface area contributed by atoms with Crippen molar-refractivity contribution in [2.75, 3.05) is 25.0 Å². The summed E-state index contributed by atoms with van der Waals surface area (Å²) in [5.41, 5.74) is 2.03. The summed E-state index contributed by atoms with van der Waals surface area (Å²) in [6.07, 6.45) is 1.52. The number of pyridine rings is 1. The van der Waals surface area contributed by atoms with Gasteiger partial charge in [-0.25, -0.2) is 9.78 Å². The van der Waals surface area contributed by atoms with Gasteiger partial charge in [-0.2, -0.15) is 18.2 Å². The number of aliphatic hydroxyl groups is 1. The Balaban J connectivity index is 1.32. The highest BCUT2D eigenvalue weighted by atomic mass is 19.4. The minimum Gasteiger partial charge on any atom is -0.477 e. The zero-order chi connectivity index (χ0) is 29.6. The molecular formula is C30H28F3N5O4. The predicted molar refractivity (Wildman–Crippen MR) is 149 cm³/mol. The first-order valence-electron chi connectivity index (χ1n) is 13.7. The Labute approximate surface area is 238 Å². The number of aryl methyl sites for hydroxylation is 2. The summed E-state index contributed by atoms with van der Waals surface area (Å²) in [5, 5.41) is 24.1. The number of hydrogen-bond acceptors (Lipinski definition) is 7. The molecule has 9 nitrogen and oxygen atoms in total. The van der Waals surface area contributed by atoms with Gasteiger partial charge in [-0.1, -0.05) is 18.2 Å². The average Bonchev–Trinajstić information content (AvgIpc) is 3.42. The van der Waals surface area contributed by atoms with E-state index < -0.39 is 35.3 Å². The van der Waals surface area contributed by atoms with Gasteiger partial charge in [0.05, 0.1) is 17.5 Å². The van der Waals surface area contributed by atoms with E-state index in [9.17, 15) is 33.0 Å². The van der Waals surface area contributed by atoms with Crippen LogP contribution >= 0.6 is 0 Å². The Kier molecular flexibility index (Phi) is 6.98. The summed E-state index contributed by atoms with van der Waals surface area (Å²) >= 11 is 0. The summed E-state index contributed by atoms with van der Waals surface area (Å²) < 4.78 is 40.0. The molecule has 3 heterocycles. The van der Waals surface area contributed by atoms with E-state index >= 15 is 0 Å². The number of nitrogens with one attached hydrogen (secondary N) is 1. The topological polar surface area (TPSA) is 121 Å². The van der Waals surface area contributed by atoms with Gasteiger partial charge in [-0.05, 0) is 73.1 Å². The van der Waals surface area contributed by atoms with Gasteiger partial charge in [-0.3, -0.25) is 9.69 Å². The van der Waals surface area contributed by atoms with Crippen molar-refractivity contribution in [2.45, 2.75) is 43.9 Å². The molecule has 0 atom stereocenters. The van der Waals surface area contributed by atoms with Gasteiger partial charge in [0, 0.05) is 36.9 Å². The number of alkyl halides is 3. The minimum absolute atomic E-state index is 0.0506. The maximum absolute atomic E-state index is 13.0. The van der Waals surface area contributed by atoms with Crippen LogP contribution in [-0.4, -0.2) is 61.4 Å². The summed E-state index contributed by atoms with van der Waals surface area (Å²) in [4.78, 5) is 35.0. The quantitative estimate of drug-likeness (QED) is 0.304. The van der Waals surface area contributed by atoms with E-state index in [0.29, 0.717) is 16.9 Å². The molecule has 2 aromatic carbocycles. The molecule has 2 aromatic heterocycles. The average molecular weight is 580 g/mol. The van der Waals surface area contributed by atoms with Crippen molar-refractivity contribution in [1.29, 1.82) is 0 Å². The normalized spacial score (nSPS) is 16.9. The summed E-state index contributed by atoms with van der Waals surface area (Å²) in [6.45, 7) is -0.783. The molecule has 218 valence electrons. The van der Waals surface area contributed by atoms with Crippen molar-refractivity contribution >= 4 is 28.6 Å². The van der Waals surface area contributed by atoms with Crippen LogP contribution < -0.4 is 10.7 Å². The summed E-state index contributed by atoms with van der Waals surface area (Å²) in [5.74, 6) is -1.21. The zero-order valence-electron chi connectivity index (χ0n) is 22.5. The minimum atomic E-state index is -4.29. The SMILES string of the molecule is O=C(O)c1cn(-c2ccc3c(c2)CCC3)c2nc(Nc3cccc(C4(O)CCN(CC(F)(F)F)CC4)c3)ncc2c1=O. The fraction of sp³-hybridized carbons (Fsp3) is 0.333. The van der Waals surface area contributed by atoms with Crippen LogP contribution in [0, 0.1) is 0 Å². The van der Waals surface area contributed by atoms with Crippen molar-refractivity contribution in [3.05, 3.63) is 87.3 Å². The second-order valence-corrected chi connectivity index (χ2v) is 10.9. The molecule has 0 unspecified atom stereocenters. The number of fused-ring (bicyclic) bond motifs is 2. The van der Waals surface area contributed by atoms with Gasteiger partial charge >= 0.3 is 12.1 Å². The number of carboxylic acid groups (broad SMARTS) is 1. The maximum Gasteiger partial charge on any atom is 0.401 e. The summed E-state index contributed by atoms with van der Waals surface area (Å²) in [6, 6.07) is 12.8. The van der Waals surface area contributed by atoms with Gasteiger partial charge in [0.1, 0.15) is 5.56 Å². The lowest BCUT2D eigenvalue weighted by molar-refractivity contribution is -0.154. The second kappa shape index (κ2) is 10.5. The van der Waals surface area contributed by atoms with Crippen molar-refractivity contribution in [1.82, 2.24) is 19.4 Å². The van der Waals surface area contributed by atoms with Gasteiger partial charge in [0.15, 0.2) is 5.65 Å². The number of carbonyl (C=O) groups is 1. The highest BCUT2D eigenvalue weighted by Gasteiger charge is 2.38. The van der Waals surface area contributed by atoms with E-state index in [2.05, 4.69) is 15.3 Å². The molecule has 0 spiro atoms. The van der Waals surface area contributed by atoms with E-state index in [1.165, 1.54) is 28.4 Å². The standard InChI is InChI=1S/C30H28F3N5O4/c31-30(32,33)17-37-11-9-29(42,10-12-37)20-5-2-6-21(14-20)35-28-34-15-23-25(39)24(27(40)41)16-38(26(23)36-28)22-8-7-18-3-1-4-19(18)13-22/h2,5-8,13-16,42H,1,3-4,9-12,17H2,(H,40,41)(H,34,35,36). The number of benzene rings is 2. The molecule has 0 saturated carbocycles. The lowest BCUT2D eigenvalue weighted by atomic mass is 9.84. The molecular weight excluding hydrogens is 551 g/mol. The van der Waals surface area contributed by atoms with Crippen LogP contribution in [0.25, 0.3) is 16.7 Å². The van der Waals surface area contributed by atoms with Crippen molar-refractivity contribution in [3.63, 3.8) is 0 Å². The Bertz CT molecular complexity index is 1750. The number of nitrogens with zero attached hydrogens (tertiary/aromatic N) is 4. The number of likely N-dealkylation sites (tertiary alicyclic amines) is 1. The Morgan fingerprint density at radius 3 is 2.57 bits per heavy atom. The molecule has 1 saturated heterocycles. The molecule has 0 radical (unpaired) electrons. The maximum atomic E-state index is 13.0. The summed E-state index contributed by atoms with van der Waals surface area (Å²) in [7, 11) is 0. The van der Waals surface area contributed by atoms with E-state index in [1.54, 1.807) is 28.8 Å². The smallest absolute Gasteiger partial charge is 0.401 e. The number of halogens is 3. The van der Waals surface area contributed by atoms with Crippen LogP contribution in [0.2, 0.25) is 0 Å². The van der Waals surface area contributed by atoms with E-state index in [4.69, 9.17) is 0 Å². The first kappa shape index (κ1) is 27.9. The van der Waals surface area contributed by atoms with Gasteiger partial charge in [0.25, 0.3) is 0 Å².